The number of hydrogen-bond donors (Lipinski definition) is 2. The second kappa shape index (κ2) is 7.14. The fourth-order valence-electron chi connectivity index (χ4n) is 2.24. The van der Waals surface area contributed by atoms with E-state index in [0.717, 1.165) is 3.79 Å². The van der Waals surface area contributed by atoms with E-state index in [1.807, 2.05) is 0 Å². The molecule has 0 saturated carbocycles. The molecule has 0 saturated heterocycles. The Hall–Kier alpha value is -1.86. The number of ether oxygens (including phenoxy) is 1. The maximum atomic E-state index is 12.4. The van der Waals surface area contributed by atoms with Crippen LogP contribution in [0.1, 0.15) is 29.3 Å². The summed E-state index contributed by atoms with van der Waals surface area (Å²) in [6, 6.07) is 8.74. The molecule has 0 spiro atoms. The first-order valence-corrected chi connectivity index (χ1v) is 8.44. The van der Waals surface area contributed by atoms with Crippen LogP contribution in [-0.2, 0) is 10.3 Å². The second-order valence-electron chi connectivity index (χ2n) is 5.23. The van der Waals surface area contributed by atoms with Gasteiger partial charge in [0, 0.05) is 5.38 Å². The Bertz CT molecular complexity index is 730. The highest BCUT2D eigenvalue weighted by Gasteiger charge is 2.32. The van der Waals surface area contributed by atoms with Crippen molar-refractivity contribution < 1.29 is 19.4 Å². The normalized spacial score (nSPS) is 13.2. The van der Waals surface area contributed by atoms with Gasteiger partial charge in [0.15, 0.2) is 0 Å². The van der Waals surface area contributed by atoms with E-state index in [2.05, 4.69) is 21.2 Å². The summed E-state index contributed by atoms with van der Waals surface area (Å²) in [6.07, 6.45) is -0.239. The number of rotatable bonds is 6. The smallest absolute Gasteiger partial charge is 0.306 e. The van der Waals surface area contributed by atoms with Gasteiger partial charge in [-0.2, -0.15) is 0 Å². The third kappa shape index (κ3) is 4.33. The molecule has 1 unspecified atom stereocenters. The lowest BCUT2D eigenvalue weighted by Crippen LogP contribution is -2.45. The van der Waals surface area contributed by atoms with Crippen molar-refractivity contribution in [1.29, 1.82) is 0 Å². The maximum Gasteiger partial charge on any atom is 0.306 e. The Morgan fingerprint density at radius 2 is 2.13 bits per heavy atom. The van der Waals surface area contributed by atoms with E-state index < -0.39 is 11.5 Å². The van der Waals surface area contributed by atoms with Gasteiger partial charge in [-0.15, -0.1) is 11.3 Å². The minimum atomic E-state index is -1.05. The summed E-state index contributed by atoms with van der Waals surface area (Å²) >= 11 is 4.71. The number of thiophene rings is 1. The summed E-state index contributed by atoms with van der Waals surface area (Å²) in [4.78, 5) is 23.7. The summed E-state index contributed by atoms with van der Waals surface area (Å²) in [5.41, 5.74) is 0.106. The molecule has 1 atom stereocenters. The van der Waals surface area contributed by atoms with Crippen LogP contribution in [0.25, 0.3) is 0 Å². The third-order valence-corrected chi connectivity index (χ3v) is 4.94. The molecule has 0 bridgehead atoms. The molecule has 23 heavy (non-hydrogen) atoms. The largest absolute Gasteiger partial charge is 0.497 e. The van der Waals surface area contributed by atoms with Crippen LogP contribution < -0.4 is 10.1 Å². The van der Waals surface area contributed by atoms with Crippen molar-refractivity contribution in [2.45, 2.75) is 18.9 Å². The molecular formula is C16H16BrNO4S. The zero-order chi connectivity index (χ0) is 17.0. The van der Waals surface area contributed by atoms with Crippen molar-refractivity contribution >= 4 is 39.1 Å². The van der Waals surface area contributed by atoms with E-state index in [0.29, 0.717) is 16.9 Å². The number of aliphatic carboxylic acids is 1. The van der Waals surface area contributed by atoms with Crippen LogP contribution in [0.3, 0.4) is 0 Å². The van der Waals surface area contributed by atoms with Gasteiger partial charge in [-0.05, 0) is 46.6 Å². The summed E-state index contributed by atoms with van der Waals surface area (Å²) in [6.45, 7) is 1.69. The maximum absolute atomic E-state index is 12.4. The molecule has 122 valence electrons. The monoisotopic (exact) mass is 397 g/mol. The number of benzene rings is 1. The average Bonchev–Trinajstić information content (AvgIpc) is 2.93. The second-order valence-corrected chi connectivity index (χ2v) is 7.52. The van der Waals surface area contributed by atoms with Crippen molar-refractivity contribution in [2.24, 2.45) is 0 Å². The quantitative estimate of drug-likeness (QED) is 0.779. The molecule has 0 aliphatic rings. The van der Waals surface area contributed by atoms with Crippen LogP contribution >= 0.6 is 27.3 Å². The minimum Gasteiger partial charge on any atom is -0.497 e. The Morgan fingerprint density at radius 1 is 1.39 bits per heavy atom. The van der Waals surface area contributed by atoms with Crippen LogP contribution in [0.15, 0.2) is 39.5 Å². The van der Waals surface area contributed by atoms with E-state index in [1.54, 1.807) is 42.6 Å². The average molecular weight is 398 g/mol. The first kappa shape index (κ1) is 17.5. The van der Waals surface area contributed by atoms with Crippen molar-refractivity contribution in [2.75, 3.05) is 7.11 Å². The SMILES string of the molecule is COc1cccc(C(C)(CC(=O)O)NC(=O)c2csc(Br)c2)c1. The van der Waals surface area contributed by atoms with Crippen molar-refractivity contribution in [3.05, 3.63) is 50.6 Å². The summed E-state index contributed by atoms with van der Waals surface area (Å²) < 4.78 is 6.02. The van der Waals surface area contributed by atoms with Crippen molar-refractivity contribution in [3.63, 3.8) is 0 Å². The molecule has 1 amide bonds. The third-order valence-electron chi connectivity index (χ3n) is 3.43. The lowest BCUT2D eigenvalue weighted by Gasteiger charge is -2.30. The van der Waals surface area contributed by atoms with Gasteiger partial charge in [-0.25, -0.2) is 0 Å². The van der Waals surface area contributed by atoms with E-state index in [1.165, 1.54) is 18.4 Å². The topological polar surface area (TPSA) is 75.6 Å². The Labute approximate surface area is 146 Å². The molecule has 1 aromatic carbocycles. The van der Waals surface area contributed by atoms with Gasteiger partial charge in [-0.3, -0.25) is 9.59 Å². The number of nitrogens with one attached hydrogen (secondary N) is 1. The summed E-state index contributed by atoms with van der Waals surface area (Å²) in [5, 5.41) is 13.8. The first-order chi connectivity index (χ1) is 10.8. The van der Waals surface area contributed by atoms with Gasteiger partial charge < -0.3 is 15.2 Å². The molecule has 0 aliphatic heterocycles. The van der Waals surface area contributed by atoms with Gasteiger partial charge in [0.25, 0.3) is 5.91 Å². The predicted molar refractivity (Wildman–Crippen MR) is 92.1 cm³/mol. The predicted octanol–water partition coefficient (Wildman–Crippen LogP) is 3.64. The minimum absolute atomic E-state index is 0.239. The van der Waals surface area contributed by atoms with E-state index in [-0.39, 0.29) is 12.3 Å². The number of halogens is 1. The molecule has 1 heterocycles. The number of hydrogen-bond acceptors (Lipinski definition) is 4. The van der Waals surface area contributed by atoms with Gasteiger partial charge >= 0.3 is 5.97 Å². The van der Waals surface area contributed by atoms with Gasteiger partial charge in [0.05, 0.1) is 28.4 Å². The van der Waals surface area contributed by atoms with E-state index >= 15 is 0 Å². The fourth-order valence-corrected chi connectivity index (χ4v) is 3.38. The van der Waals surface area contributed by atoms with Crippen LogP contribution in [0.5, 0.6) is 5.75 Å². The number of amides is 1. The highest BCUT2D eigenvalue weighted by atomic mass is 79.9. The lowest BCUT2D eigenvalue weighted by molar-refractivity contribution is -0.138. The number of carbonyl (C=O) groups is 2. The Morgan fingerprint density at radius 3 is 2.70 bits per heavy atom. The summed E-state index contributed by atoms with van der Waals surface area (Å²) in [5.74, 6) is -0.715. The highest BCUT2D eigenvalue weighted by molar-refractivity contribution is 9.11. The Balaban J connectivity index is 2.34. The number of carboxylic acids is 1. The number of methoxy groups -OCH3 is 1. The van der Waals surface area contributed by atoms with Gasteiger partial charge in [0.1, 0.15) is 5.75 Å². The van der Waals surface area contributed by atoms with Crippen LogP contribution in [0.4, 0.5) is 0 Å². The zero-order valence-electron chi connectivity index (χ0n) is 12.6. The first-order valence-electron chi connectivity index (χ1n) is 6.77. The molecule has 0 radical (unpaired) electrons. The van der Waals surface area contributed by atoms with E-state index in [4.69, 9.17) is 4.74 Å². The highest BCUT2D eigenvalue weighted by Crippen LogP contribution is 2.29. The summed E-state index contributed by atoms with van der Waals surface area (Å²) in [7, 11) is 1.54. The fraction of sp³-hybridized carbons (Fsp3) is 0.250. The molecule has 7 heteroatoms. The molecule has 2 aromatic rings. The van der Waals surface area contributed by atoms with Gasteiger partial charge in [-0.1, -0.05) is 12.1 Å². The molecule has 1 aromatic heterocycles. The molecular weight excluding hydrogens is 382 g/mol. The number of carbonyl (C=O) groups excluding carboxylic acids is 1. The molecule has 2 N–H and O–H groups in total. The molecule has 5 nitrogen and oxygen atoms in total. The molecule has 0 aliphatic carbocycles. The van der Waals surface area contributed by atoms with E-state index in [9.17, 15) is 14.7 Å². The van der Waals surface area contributed by atoms with Crippen LogP contribution in [0.2, 0.25) is 0 Å². The van der Waals surface area contributed by atoms with Crippen molar-refractivity contribution in [3.8, 4) is 5.75 Å². The molecule has 0 fully saturated rings. The van der Waals surface area contributed by atoms with Crippen LogP contribution in [0, 0.1) is 0 Å². The standard InChI is InChI=1S/C16H16BrNO4S/c1-16(8-14(19)20,11-4-3-5-12(7-11)22-2)18-15(21)10-6-13(17)23-9-10/h3-7,9H,8H2,1-2H3,(H,18,21)(H,19,20). The zero-order valence-corrected chi connectivity index (χ0v) is 15.0. The molecule has 2 rings (SSSR count). The van der Waals surface area contributed by atoms with Crippen molar-refractivity contribution in [1.82, 2.24) is 5.32 Å². The number of carboxylic acid groups (broad SMARTS) is 1. The van der Waals surface area contributed by atoms with Gasteiger partial charge in [0.2, 0.25) is 0 Å². The lowest BCUT2D eigenvalue weighted by atomic mass is 9.88. The Kier molecular flexibility index (Phi) is 5.43. The van der Waals surface area contributed by atoms with Crippen LogP contribution in [-0.4, -0.2) is 24.1 Å².